The van der Waals surface area contributed by atoms with Crippen LogP contribution in [0.2, 0.25) is 0 Å². The second-order valence-corrected chi connectivity index (χ2v) is 8.35. The number of hydrogen-bond donors (Lipinski definition) is 3. The molecule has 1 saturated carbocycles. The Bertz CT molecular complexity index is 886. The monoisotopic (exact) mass is 427 g/mol. The van der Waals surface area contributed by atoms with Crippen LogP contribution < -0.4 is 15.4 Å². The normalized spacial score (nSPS) is 18.7. The molecule has 0 bridgehead atoms. The van der Waals surface area contributed by atoms with E-state index in [-0.39, 0.29) is 12.0 Å². The van der Waals surface area contributed by atoms with Gasteiger partial charge in [0.05, 0.1) is 12.3 Å². The van der Waals surface area contributed by atoms with Gasteiger partial charge < -0.3 is 15.2 Å². The first-order chi connectivity index (χ1) is 15.1. The second kappa shape index (κ2) is 10.1. The first kappa shape index (κ1) is 21.6. The summed E-state index contributed by atoms with van der Waals surface area (Å²) >= 11 is 0. The van der Waals surface area contributed by atoms with E-state index in [0.717, 1.165) is 54.5 Å². The molecule has 2 aromatic carbocycles. The summed E-state index contributed by atoms with van der Waals surface area (Å²) in [6.45, 7) is 2.26. The van der Waals surface area contributed by atoms with E-state index < -0.39 is 6.09 Å². The fourth-order valence-electron chi connectivity index (χ4n) is 3.94. The van der Waals surface area contributed by atoms with Crippen LogP contribution in [0.1, 0.15) is 48.8 Å². The van der Waals surface area contributed by atoms with E-state index in [9.17, 15) is 14.3 Å². The number of carbonyl (C=O) groups is 1. The van der Waals surface area contributed by atoms with Crippen molar-refractivity contribution in [1.29, 1.82) is 0 Å². The molecular weight excluding hydrogens is 397 g/mol. The lowest BCUT2D eigenvalue weighted by Gasteiger charge is -2.34. The number of hydrogen-bond acceptors (Lipinski definition) is 4. The lowest BCUT2D eigenvalue weighted by atomic mass is 10.1. The molecule has 2 aliphatic rings. The highest BCUT2D eigenvalue weighted by molar-refractivity contribution is 5.65. The third-order valence-electron chi connectivity index (χ3n) is 5.84. The van der Waals surface area contributed by atoms with Crippen LogP contribution in [-0.2, 0) is 19.6 Å². The molecule has 1 amide bonds. The van der Waals surface area contributed by atoms with Gasteiger partial charge in [-0.3, -0.25) is 10.2 Å². The van der Waals surface area contributed by atoms with Crippen molar-refractivity contribution in [2.24, 2.45) is 0 Å². The van der Waals surface area contributed by atoms with Crippen LogP contribution >= 0.6 is 0 Å². The Balaban J connectivity index is 1.31. The summed E-state index contributed by atoms with van der Waals surface area (Å²) in [5, 5.41) is 16.1. The Kier molecular flexibility index (Phi) is 7.04. The van der Waals surface area contributed by atoms with Crippen LogP contribution in [-0.4, -0.2) is 34.9 Å². The molecule has 2 fully saturated rings. The zero-order valence-electron chi connectivity index (χ0n) is 17.6. The van der Waals surface area contributed by atoms with E-state index >= 15 is 0 Å². The summed E-state index contributed by atoms with van der Waals surface area (Å²) in [5.74, 6) is 0.627. The minimum Gasteiger partial charge on any atom is -0.490 e. The van der Waals surface area contributed by atoms with Gasteiger partial charge in [-0.25, -0.2) is 9.18 Å². The predicted octanol–water partition coefficient (Wildman–Crippen LogP) is 4.24. The summed E-state index contributed by atoms with van der Waals surface area (Å²) in [5.41, 5.74) is 3.00. The molecule has 1 aliphatic carbocycles. The molecule has 3 N–H and O–H groups in total. The molecule has 0 radical (unpaired) electrons. The van der Waals surface area contributed by atoms with Crippen molar-refractivity contribution < 1.29 is 19.0 Å². The lowest BCUT2D eigenvalue weighted by Crippen LogP contribution is -2.50. The maximum Gasteiger partial charge on any atom is 0.408 e. The maximum atomic E-state index is 13.9. The van der Waals surface area contributed by atoms with Gasteiger partial charge in [-0.05, 0) is 73.1 Å². The Morgan fingerprint density at radius 1 is 1.03 bits per heavy atom. The zero-order chi connectivity index (χ0) is 21.6. The Labute approximate surface area is 182 Å². The number of benzene rings is 2. The van der Waals surface area contributed by atoms with Gasteiger partial charge in [0.25, 0.3) is 0 Å². The Morgan fingerprint density at radius 2 is 1.84 bits per heavy atom. The topological polar surface area (TPSA) is 73.8 Å². The molecule has 166 valence electrons. The van der Waals surface area contributed by atoms with E-state index in [4.69, 9.17) is 4.74 Å². The highest BCUT2D eigenvalue weighted by atomic mass is 19.1. The molecule has 1 atom stereocenters. The average molecular weight is 428 g/mol. The maximum absolute atomic E-state index is 13.9. The van der Waals surface area contributed by atoms with Gasteiger partial charge in [0.2, 0.25) is 0 Å². The van der Waals surface area contributed by atoms with Crippen molar-refractivity contribution in [3.05, 3.63) is 65.0 Å². The number of likely N-dealkylation sites (tertiary alicyclic amines) is 1. The fourth-order valence-corrected chi connectivity index (χ4v) is 3.94. The van der Waals surface area contributed by atoms with Crippen LogP contribution in [0.25, 0.3) is 0 Å². The highest BCUT2D eigenvalue weighted by Gasteiger charge is 2.26. The second-order valence-electron chi connectivity index (χ2n) is 8.35. The number of carboxylic acid groups (broad SMARTS) is 1. The first-order valence-electron chi connectivity index (χ1n) is 11.0. The Morgan fingerprint density at radius 3 is 2.58 bits per heavy atom. The molecule has 7 heteroatoms. The Hall–Kier alpha value is -2.64. The van der Waals surface area contributed by atoms with Crippen molar-refractivity contribution in [2.75, 3.05) is 6.54 Å². The van der Waals surface area contributed by atoms with Gasteiger partial charge in [0.15, 0.2) is 0 Å². The molecule has 4 rings (SSSR count). The molecule has 0 spiro atoms. The van der Waals surface area contributed by atoms with Crippen molar-refractivity contribution in [3.63, 3.8) is 0 Å². The number of rotatable bonds is 9. The number of nitrogens with one attached hydrogen (secondary N) is 2. The predicted molar refractivity (Wildman–Crippen MR) is 116 cm³/mol. The molecule has 1 saturated heterocycles. The molecule has 31 heavy (non-hydrogen) atoms. The number of ether oxygens (including phenoxy) is 1. The molecule has 0 aromatic heterocycles. The highest BCUT2D eigenvalue weighted by Crippen LogP contribution is 2.26. The van der Waals surface area contributed by atoms with Crippen LogP contribution in [0.5, 0.6) is 5.75 Å². The molecule has 6 nitrogen and oxygen atoms in total. The minimum absolute atomic E-state index is 0.230. The summed E-state index contributed by atoms with van der Waals surface area (Å²) in [7, 11) is 0. The van der Waals surface area contributed by atoms with Crippen LogP contribution in [0.3, 0.4) is 0 Å². The minimum atomic E-state index is -0.910. The summed E-state index contributed by atoms with van der Waals surface area (Å²) in [4.78, 5) is 12.9. The molecule has 1 heterocycles. The van der Waals surface area contributed by atoms with Gasteiger partial charge in [-0.1, -0.05) is 18.2 Å². The van der Waals surface area contributed by atoms with Gasteiger partial charge in [0.1, 0.15) is 11.6 Å². The van der Waals surface area contributed by atoms with Crippen molar-refractivity contribution in [1.82, 2.24) is 15.5 Å². The van der Waals surface area contributed by atoms with Crippen molar-refractivity contribution in [2.45, 2.75) is 64.0 Å². The number of nitrogens with zero attached hydrogens (tertiary/aromatic N) is 1. The molecule has 2 aromatic rings. The van der Waals surface area contributed by atoms with Gasteiger partial charge in [0, 0.05) is 26.2 Å². The van der Waals surface area contributed by atoms with E-state index in [0.29, 0.717) is 32.3 Å². The molecule has 1 aliphatic heterocycles. The van der Waals surface area contributed by atoms with Crippen LogP contribution in [0.4, 0.5) is 9.18 Å². The third kappa shape index (κ3) is 6.18. The number of piperidine rings is 1. The standard InChI is InChI=1S/C24H30FN3O3/c25-20-7-6-18(15-26-14-17-4-8-21(9-5-17)31-22-10-11-22)19(13-20)16-27-23-3-1-2-12-28(23)24(29)30/h4-9,13,22-23,26-27H,1-3,10-12,14-16H2,(H,29,30). The van der Waals surface area contributed by atoms with Crippen LogP contribution in [0, 0.1) is 5.82 Å². The summed E-state index contributed by atoms with van der Waals surface area (Å²) in [6, 6.07) is 12.9. The van der Waals surface area contributed by atoms with Gasteiger partial charge in [-0.15, -0.1) is 0 Å². The smallest absolute Gasteiger partial charge is 0.408 e. The van der Waals surface area contributed by atoms with Crippen molar-refractivity contribution in [3.8, 4) is 5.75 Å². The average Bonchev–Trinajstić information content (AvgIpc) is 3.59. The quantitative estimate of drug-likeness (QED) is 0.558. The fraction of sp³-hybridized carbons (Fsp3) is 0.458. The zero-order valence-corrected chi connectivity index (χ0v) is 17.6. The SMILES string of the molecule is O=C(O)N1CCCCC1NCc1cc(F)ccc1CNCc1ccc(OC2CC2)cc1. The number of halogens is 1. The van der Waals surface area contributed by atoms with Crippen LogP contribution in [0.15, 0.2) is 42.5 Å². The van der Waals surface area contributed by atoms with E-state index in [1.54, 1.807) is 6.07 Å². The van der Waals surface area contributed by atoms with E-state index in [1.807, 2.05) is 12.1 Å². The van der Waals surface area contributed by atoms with Crippen molar-refractivity contribution >= 4 is 6.09 Å². The van der Waals surface area contributed by atoms with E-state index in [1.165, 1.54) is 17.0 Å². The summed E-state index contributed by atoms with van der Waals surface area (Å²) < 4.78 is 19.6. The third-order valence-corrected chi connectivity index (χ3v) is 5.84. The van der Waals surface area contributed by atoms with Gasteiger partial charge >= 0.3 is 6.09 Å². The largest absolute Gasteiger partial charge is 0.490 e. The lowest BCUT2D eigenvalue weighted by molar-refractivity contribution is 0.0930. The first-order valence-corrected chi connectivity index (χ1v) is 11.0. The summed E-state index contributed by atoms with van der Waals surface area (Å²) in [6.07, 6.45) is 4.19. The van der Waals surface area contributed by atoms with Gasteiger partial charge in [-0.2, -0.15) is 0 Å². The van der Waals surface area contributed by atoms with E-state index in [2.05, 4.69) is 22.8 Å². The number of amides is 1. The molecular formula is C24H30FN3O3. The molecule has 1 unspecified atom stereocenters.